The van der Waals surface area contributed by atoms with E-state index in [1.165, 1.54) is 11.6 Å². The molecule has 0 radical (unpaired) electrons. The molecular formula is C17H21FN2. The third-order valence-corrected chi connectivity index (χ3v) is 3.48. The summed E-state index contributed by atoms with van der Waals surface area (Å²) in [5, 5.41) is 0. The summed E-state index contributed by atoms with van der Waals surface area (Å²) >= 11 is 0. The van der Waals surface area contributed by atoms with Crippen molar-refractivity contribution < 1.29 is 4.39 Å². The van der Waals surface area contributed by atoms with Crippen molar-refractivity contribution in [3.8, 4) is 0 Å². The van der Waals surface area contributed by atoms with E-state index in [9.17, 15) is 4.39 Å². The van der Waals surface area contributed by atoms with Crippen molar-refractivity contribution in [2.24, 2.45) is 0 Å². The molecule has 2 aromatic rings. The van der Waals surface area contributed by atoms with Crippen molar-refractivity contribution in [2.75, 3.05) is 5.73 Å². The van der Waals surface area contributed by atoms with Gasteiger partial charge in [0.2, 0.25) is 0 Å². The second-order valence-electron chi connectivity index (χ2n) is 5.29. The number of hydrogen-bond donors (Lipinski definition) is 1. The molecule has 2 aromatic carbocycles. The molecule has 0 saturated heterocycles. The fourth-order valence-electron chi connectivity index (χ4n) is 2.18. The minimum absolute atomic E-state index is 0.233. The molecule has 0 spiro atoms. The first-order valence-electron chi connectivity index (χ1n) is 6.88. The number of hydrogen-bond acceptors (Lipinski definition) is 2. The Bertz CT molecular complexity index is 532. The van der Waals surface area contributed by atoms with Crippen molar-refractivity contribution in [2.45, 2.75) is 33.0 Å². The molecule has 0 unspecified atom stereocenters. The summed E-state index contributed by atoms with van der Waals surface area (Å²) in [5.41, 5.74) is 8.21. The second-order valence-corrected chi connectivity index (χ2v) is 5.29. The average molecular weight is 272 g/mol. The van der Waals surface area contributed by atoms with Gasteiger partial charge in [0.05, 0.1) is 0 Å². The minimum atomic E-state index is -0.233. The SMILES string of the molecule is CC(C)N(Cc1ccccc1)Cc1c(N)cccc1F. The summed E-state index contributed by atoms with van der Waals surface area (Å²) in [4.78, 5) is 2.21. The van der Waals surface area contributed by atoms with Gasteiger partial charge in [0, 0.05) is 30.4 Å². The Hall–Kier alpha value is -1.87. The van der Waals surface area contributed by atoms with Crippen LogP contribution in [0.25, 0.3) is 0 Å². The summed E-state index contributed by atoms with van der Waals surface area (Å²) in [5.74, 6) is -0.233. The highest BCUT2D eigenvalue weighted by Gasteiger charge is 2.15. The number of nitrogen functional groups attached to an aromatic ring is 1. The number of nitrogens with two attached hydrogens (primary N) is 1. The van der Waals surface area contributed by atoms with E-state index in [1.807, 2.05) is 18.2 Å². The van der Waals surface area contributed by atoms with Gasteiger partial charge < -0.3 is 5.73 Å². The molecule has 0 fully saturated rings. The molecule has 106 valence electrons. The van der Waals surface area contributed by atoms with Crippen LogP contribution in [-0.2, 0) is 13.1 Å². The monoisotopic (exact) mass is 272 g/mol. The van der Waals surface area contributed by atoms with Crippen LogP contribution in [0.2, 0.25) is 0 Å². The van der Waals surface area contributed by atoms with Gasteiger partial charge in [-0.1, -0.05) is 36.4 Å². The summed E-state index contributed by atoms with van der Waals surface area (Å²) < 4.78 is 13.9. The molecule has 2 rings (SSSR count). The van der Waals surface area contributed by atoms with E-state index in [2.05, 4.69) is 30.9 Å². The first-order valence-corrected chi connectivity index (χ1v) is 6.88. The Labute approximate surface area is 120 Å². The van der Waals surface area contributed by atoms with Crippen LogP contribution in [0.1, 0.15) is 25.0 Å². The lowest BCUT2D eigenvalue weighted by Gasteiger charge is -2.27. The fourth-order valence-corrected chi connectivity index (χ4v) is 2.18. The lowest BCUT2D eigenvalue weighted by atomic mass is 10.1. The maximum absolute atomic E-state index is 13.9. The molecular weight excluding hydrogens is 251 g/mol. The van der Waals surface area contributed by atoms with Gasteiger partial charge in [0.15, 0.2) is 0 Å². The zero-order valence-electron chi connectivity index (χ0n) is 12.0. The normalized spacial score (nSPS) is 11.2. The molecule has 2 nitrogen and oxygen atoms in total. The molecule has 0 aromatic heterocycles. The Morgan fingerprint density at radius 2 is 1.70 bits per heavy atom. The first-order chi connectivity index (χ1) is 9.58. The van der Waals surface area contributed by atoms with Gasteiger partial charge in [-0.2, -0.15) is 0 Å². The number of nitrogens with zero attached hydrogens (tertiary/aromatic N) is 1. The van der Waals surface area contributed by atoms with Crippen LogP contribution in [0.15, 0.2) is 48.5 Å². The van der Waals surface area contributed by atoms with Crippen LogP contribution in [0.5, 0.6) is 0 Å². The van der Waals surface area contributed by atoms with E-state index < -0.39 is 0 Å². The molecule has 0 aliphatic carbocycles. The van der Waals surface area contributed by atoms with Crippen molar-refractivity contribution in [1.29, 1.82) is 0 Å². The highest BCUT2D eigenvalue weighted by atomic mass is 19.1. The van der Waals surface area contributed by atoms with Gasteiger partial charge in [0.25, 0.3) is 0 Å². The molecule has 2 N–H and O–H groups in total. The quantitative estimate of drug-likeness (QED) is 0.838. The summed E-state index contributed by atoms with van der Waals surface area (Å²) in [6.45, 7) is 5.53. The van der Waals surface area contributed by atoms with Gasteiger partial charge in [0.1, 0.15) is 5.82 Å². The van der Waals surface area contributed by atoms with E-state index in [0.29, 0.717) is 23.8 Å². The number of halogens is 1. The van der Waals surface area contributed by atoms with Crippen molar-refractivity contribution in [3.63, 3.8) is 0 Å². The van der Waals surface area contributed by atoms with Gasteiger partial charge in [-0.3, -0.25) is 4.90 Å². The molecule has 0 heterocycles. The van der Waals surface area contributed by atoms with Crippen LogP contribution in [0.3, 0.4) is 0 Å². The van der Waals surface area contributed by atoms with Gasteiger partial charge in [-0.05, 0) is 31.5 Å². The van der Waals surface area contributed by atoms with Gasteiger partial charge >= 0.3 is 0 Å². The predicted octanol–water partition coefficient (Wildman–Crippen LogP) is 3.82. The summed E-state index contributed by atoms with van der Waals surface area (Å²) in [7, 11) is 0. The van der Waals surface area contributed by atoms with Crippen LogP contribution in [0.4, 0.5) is 10.1 Å². The van der Waals surface area contributed by atoms with Crippen molar-refractivity contribution in [3.05, 3.63) is 65.5 Å². The van der Waals surface area contributed by atoms with Crippen LogP contribution in [-0.4, -0.2) is 10.9 Å². The van der Waals surface area contributed by atoms with E-state index >= 15 is 0 Å². The smallest absolute Gasteiger partial charge is 0.129 e. The third-order valence-electron chi connectivity index (χ3n) is 3.48. The van der Waals surface area contributed by atoms with Crippen LogP contribution >= 0.6 is 0 Å². The molecule has 0 aliphatic heterocycles. The maximum atomic E-state index is 13.9. The van der Waals surface area contributed by atoms with Crippen molar-refractivity contribution >= 4 is 5.69 Å². The lowest BCUT2D eigenvalue weighted by molar-refractivity contribution is 0.201. The van der Waals surface area contributed by atoms with Crippen molar-refractivity contribution in [1.82, 2.24) is 4.90 Å². The van der Waals surface area contributed by atoms with Gasteiger partial charge in [-0.25, -0.2) is 4.39 Å². The fraction of sp³-hybridized carbons (Fsp3) is 0.294. The maximum Gasteiger partial charge on any atom is 0.129 e. The molecule has 3 heteroatoms. The van der Waals surface area contributed by atoms with E-state index in [4.69, 9.17) is 5.73 Å². The average Bonchev–Trinajstić information content (AvgIpc) is 2.42. The molecule has 0 saturated carbocycles. The zero-order valence-corrected chi connectivity index (χ0v) is 12.0. The zero-order chi connectivity index (χ0) is 14.5. The first kappa shape index (κ1) is 14.5. The number of benzene rings is 2. The third kappa shape index (κ3) is 3.58. The molecule has 20 heavy (non-hydrogen) atoms. The Morgan fingerprint density at radius 3 is 2.30 bits per heavy atom. The van der Waals surface area contributed by atoms with Crippen LogP contribution in [0, 0.1) is 5.82 Å². The minimum Gasteiger partial charge on any atom is -0.398 e. The Kier molecular flexibility index (Phi) is 4.74. The number of anilines is 1. The Morgan fingerprint density at radius 1 is 1.00 bits per heavy atom. The summed E-state index contributed by atoms with van der Waals surface area (Å²) in [6.07, 6.45) is 0. The molecule has 0 aliphatic rings. The largest absolute Gasteiger partial charge is 0.398 e. The molecule has 0 atom stereocenters. The van der Waals surface area contributed by atoms with E-state index in [1.54, 1.807) is 12.1 Å². The molecule has 0 bridgehead atoms. The topological polar surface area (TPSA) is 29.3 Å². The number of rotatable bonds is 5. The highest BCUT2D eigenvalue weighted by molar-refractivity contribution is 5.47. The van der Waals surface area contributed by atoms with E-state index in [0.717, 1.165) is 6.54 Å². The molecule has 0 amide bonds. The van der Waals surface area contributed by atoms with Crippen LogP contribution < -0.4 is 5.73 Å². The van der Waals surface area contributed by atoms with Gasteiger partial charge in [-0.15, -0.1) is 0 Å². The predicted molar refractivity (Wildman–Crippen MR) is 81.6 cm³/mol. The Balaban J connectivity index is 2.18. The second kappa shape index (κ2) is 6.53. The van der Waals surface area contributed by atoms with E-state index in [-0.39, 0.29) is 5.82 Å². The highest BCUT2D eigenvalue weighted by Crippen LogP contribution is 2.20. The summed E-state index contributed by atoms with van der Waals surface area (Å²) in [6, 6.07) is 15.4. The standard InChI is InChI=1S/C17H21FN2/c1-13(2)20(11-14-7-4-3-5-8-14)12-15-16(18)9-6-10-17(15)19/h3-10,13H,11-12,19H2,1-2H3. The lowest BCUT2D eigenvalue weighted by Crippen LogP contribution is -2.30.